The van der Waals surface area contributed by atoms with E-state index in [0.29, 0.717) is 13.1 Å². The molecule has 0 aromatic heterocycles. The fraction of sp³-hybridized carbons (Fsp3) is 0.909. The van der Waals surface area contributed by atoms with E-state index in [-0.39, 0.29) is 5.54 Å². The van der Waals surface area contributed by atoms with E-state index in [1.165, 1.54) is 17.7 Å². The molecule has 2 aliphatic rings. The number of hydrogen-bond acceptors (Lipinski definition) is 3. The molecule has 0 aromatic carbocycles. The van der Waals surface area contributed by atoms with Gasteiger partial charge in [0, 0.05) is 31.7 Å². The zero-order valence-electron chi connectivity index (χ0n) is 9.91. The van der Waals surface area contributed by atoms with E-state index in [2.05, 4.69) is 17.1 Å². The Balaban J connectivity index is 1.90. The predicted molar refractivity (Wildman–Crippen MR) is 61.7 cm³/mol. The molecule has 2 heterocycles. The lowest BCUT2D eigenvalue weighted by molar-refractivity contribution is 0.0254. The van der Waals surface area contributed by atoms with Gasteiger partial charge in [0.1, 0.15) is 0 Å². The van der Waals surface area contributed by atoms with Crippen molar-refractivity contribution in [3.05, 3.63) is 0 Å². The number of rotatable bonds is 1. The first-order chi connectivity index (χ1) is 7.62. The van der Waals surface area contributed by atoms with Crippen LogP contribution >= 0.6 is 0 Å². The van der Waals surface area contributed by atoms with Crippen molar-refractivity contribution in [2.45, 2.75) is 25.3 Å². The van der Waals surface area contributed by atoms with Gasteiger partial charge < -0.3 is 15.3 Å². The SMILES string of the molecule is CC1(N2CCN(C(=O)O)CC2)CCNCC1. The van der Waals surface area contributed by atoms with Crippen molar-refractivity contribution in [2.75, 3.05) is 39.3 Å². The van der Waals surface area contributed by atoms with Gasteiger partial charge in [0.05, 0.1) is 0 Å². The van der Waals surface area contributed by atoms with Crippen LogP contribution in [0, 0.1) is 0 Å². The normalized spacial score (nSPS) is 26.7. The van der Waals surface area contributed by atoms with Crippen molar-refractivity contribution >= 4 is 6.09 Å². The minimum absolute atomic E-state index is 0.274. The first-order valence-electron chi connectivity index (χ1n) is 6.05. The monoisotopic (exact) mass is 227 g/mol. The van der Waals surface area contributed by atoms with Gasteiger partial charge in [-0.1, -0.05) is 0 Å². The van der Waals surface area contributed by atoms with E-state index in [0.717, 1.165) is 26.2 Å². The van der Waals surface area contributed by atoms with Crippen molar-refractivity contribution in [1.29, 1.82) is 0 Å². The van der Waals surface area contributed by atoms with Crippen LogP contribution in [-0.2, 0) is 0 Å². The summed E-state index contributed by atoms with van der Waals surface area (Å²) in [6.07, 6.45) is 1.55. The summed E-state index contributed by atoms with van der Waals surface area (Å²) in [7, 11) is 0. The maximum absolute atomic E-state index is 10.8. The van der Waals surface area contributed by atoms with Crippen LogP contribution in [0.5, 0.6) is 0 Å². The minimum Gasteiger partial charge on any atom is -0.465 e. The number of nitrogens with one attached hydrogen (secondary N) is 1. The molecule has 92 valence electrons. The summed E-state index contributed by atoms with van der Waals surface area (Å²) in [4.78, 5) is 14.8. The van der Waals surface area contributed by atoms with Crippen LogP contribution < -0.4 is 5.32 Å². The van der Waals surface area contributed by atoms with Gasteiger partial charge in [-0.15, -0.1) is 0 Å². The molecule has 5 nitrogen and oxygen atoms in total. The third-order valence-electron chi connectivity index (χ3n) is 3.99. The van der Waals surface area contributed by atoms with Crippen LogP contribution in [0.15, 0.2) is 0 Å². The van der Waals surface area contributed by atoms with E-state index in [1.807, 2.05) is 0 Å². The number of carbonyl (C=O) groups is 1. The van der Waals surface area contributed by atoms with Gasteiger partial charge in [0.15, 0.2) is 0 Å². The molecule has 0 spiro atoms. The highest BCUT2D eigenvalue weighted by atomic mass is 16.4. The van der Waals surface area contributed by atoms with Crippen LogP contribution in [0.2, 0.25) is 0 Å². The Hall–Kier alpha value is -0.810. The number of piperidine rings is 1. The largest absolute Gasteiger partial charge is 0.465 e. The second-order valence-electron chi connectivity index (χ2n) is 5.00. The summed E-state index contributed by atoms with van der Waals surface area (Å²) in [6.45, 7) is 7.53. The summed E-state index contributed by atoms with van der Waals surface area (Å²) in [5.41, 5.74) is 0.274. The average Bonchev–Trinajstić information content (AvgIpc) is 2.30. The molecule has 16 heavy (non-hydrogen) atoms. The van der Waals surface area contributed by atoms with Crippen molar-refractivity contribution in [2.24, 2.45) is 0 Å². The Labute approximate surface area is 96.4 Å². The Morgan fingerprint density at radius 1 is 1.19 bits per heavy atom. The molecule has 0 bridgehead atoms. The highest BCUT2D eigenvalue weighted by Gasteiger charge is 2.35. The Morgan fingerprint density at radius 3 is 2.25 bits per heavy atom. The second kappa shape index (κ2) is 4.59. The van der Waals surface area contributed by atoms with Gasteiger partial charge in [-0.2, -0.15) is 0 Å². The summed E-state index contributed by atoms with van der Waals surface area (Å²) >= 11 is 0. The highest BCUT2D eigenvalue weighted by Crippen LogP contribution is 2.26. The average molecular weight is 227 g/mol. The molecule has 0 aromatic rings. The van der Waals surface area contributed by atoms with Crippen molar-refractivity contribution < 1.29 is 9.90 Å². The predicted octanol–water partition coefficient (Wildman–Crippen LogP) is 0.424. The van der Waals surface area contributed by atoms with Crippen molar-refractivity contribution in [3.63, 3.8) is 0 Å². The van der Waals surface area contributed by atoms with Gasteiger partial charge in [-0.3, -0.25) is 4.90 Å². The van der Waals surface area contributed by atoms with E-state index >= 15 is 0 Å². The standard InChI is InChI=1S/C11H21N3O2/c1-11(2-4-12-5-3-11)14-8-6-13(7-9-14)10(15)16/h12H,2-9H2,1H3,(H,15,16). The number of carboxylic acid groups (broad SMARTS) is 1. The Morgan fingerprint density at radius 2 is 1.75 bits per heavy atom. The molecule has 0 unspecified atom stereocenters. The number of hydrogen-bond donors (Lipinski definition) is 2. The van der Waals surface area contributed by atoms with Crippen LogP contribution in [0.4, 0.5) is 4.79 Å². The molecule has 2 rings (SSSR count). The number of amides is 1. The molecule has 5 heteroatoms. The molecule has 2 fully saturated rings. The summed E-state index contributed by atoms with van der Waals surface area (Å²) in [6, 6.07) is 0. The Kier molecular flexibility index (Phi) is 3.35. The topological polar surface area (TPSA) is 55.8 Å². The van der Waals surface area contributed by atoms with Gasteiger partial charge >= 0.3 is 6.09 Å². The molecule has 0 atom stereocenters. The quantitative estimate of drug-likeness (QED) is 0.682. The van der Waals surface area contributed by atoms with Crippen LogP contribution in [-0.4, -0.2) is 65.8 Å². The lowest BCUT2D eigenvalue weighted by Gasteiger charge is -2.47. The van der Waals surface area contributed by atoms with Gasteiger partial charge in [-0.25, -0.2) is 4.79 Å². The molecular weight excluding hydrogens is 206 g/mol. The van der Waals surface area contributed by atoms with E-state index in [1.54, 1.807) is 0 Å². The molecule has 2 aliphatic heterocycles. The van der Waals surface area contributed by atoms with E-state index in [4.69, 9.17) is 5.11 Å². The zero-order chi connectivity index (χ0) is 11.6. The summed E-state index contributed by atoms with van der Waals surface area (Å²) in [5.74, 6) is 0. The molecule has 1 amide bonds. The van der Waals surface area contributed by atoms with Gasteiger partial charge in [0.25, 0.3) is 0 Å². The zero-order valence-corrected chi connectivity index (χ0v) is 9.91. The van der Waals surface area contributed by atoms with E-state index in [9.17, 15) is 4.79 Å². The molecule has 0 saturated carbocycles. The first kappa shape index (κ1) is 11.7. The lowest BCUT2D eigenvalue weighted by Crippen LogP contribution is -2.59. The number of piperazine rings is 1. The van der Waals surface area contributed by atoms with Crippen LogP contribution in [0.1, 0.15) is 19.8 Å². The second-order valence-corrected chi connectivity index (χ2v) is 5.00. The first-order valence-corrected chi connectivity index (χ1v) is 6.05. The van der Waals surface area contributed by atoms with Gasteiger partial charge in [-0.05, 0) is 32.9 Å². The van der Waals surface area contributed by atoms with Crippen LogP contribution in [0.25, 0.3) is 0 Å². The summed E-state index contributed by atoms with van der Waals surface area (Å²) < 4.78 is 0. The fourth-order valence-electron chi connectivity index (χ4n) is 2.72. The molecule has 0 radical (unpaired) electrons. The third kappa shape index (κ3) is 2.30. The lowest BCUT2D eigenvalue weighted by atomic mass is 9.88. The molecule has 2 N–H and O–H groups in total. The summed E-state index contributed by atoms with van der Waals surface area (Å²) in [5, 5.41) is 12.3. The smallest absolute Gasteiger partial charge is 0.407 e. The molecule has 0 aliphatic carbocycles. The molecule has 2 saturated heterocycles. The molecular formula is C11H21N3O2. The third-order valence-corrected chi connectivity index (χ3v) is 3.99. The van der Waals surface area contributed by atoms with Crippen LogP contribution in [0.3, 0.4) is 0 Å². The van der Waals surface area contributed by atoms with E-state index < -0.39 is 6.09 Å². The van der Waals surface area contributed by atoms with Crippen molar-refractivity contribution in [1.82, 2.24) is 15.1 Å². The highest BCUT2D eigenvalue weighted by molar-refractivity contribution is 5.65. The maximum Gasteiger partial charge on any atom is 0.407 e. The maximum atomic E-state index is 10.8. The fourth-order valence-corrected chi connectivity index (χ4v) is 2.72. The Bertz CT molecular complexity index is 256. The van der Waals surface area contributed by atoms with Gasteiger partial charge in [0.2, 0.25) is 0 Å². The van der Waals surface area contributed by atoms with Crippen molar-refractivity contribution in [3.8, 4) is 0 Å². The number of nitrogens with zero attached hydrogens (tertiary/aromatic N) is 2. The minimum atomic E-state index is -0.782.